The highest BCUT2D eigenvalue weighted by Gasteiger charge is 1.96. The molecular formula is C7H6Br2O. The van der Waals surface area contributed by atoms with E-state index in [2.05, 4.69) is 31.9 Å². The van der Waals surface area contributed by atoms with Crippen LogP contribution in [0.25, 0.3) is 0 Å². The van der Waals surface area contributed by atoms with Gasteiger partial charge in [-0.05, 0) is 50.1 Å². The van der Waals surface area contributed by atoms with Crippen molar-refractivity contribution in [3.8, 4) is 5.75 Å². The minimum atomic E-state index is 0.857. The van der Waals surface area contributed by atoms with Crippen LogP contribution < -0.4 is 4.74 Å². The average Bonchev–Trinajstić information content (AvgIpc) is 1.95. The van der Waals surface area contributed by atoms with Crippen LogP contribution in [0.1, 0.15) is 0 Å². The molecule has 1 aromatic carbocycles. The third kappa shape index (κ3) is 1.73. The van der Waals surface area contributed by atoms with Crippen LogP contribution in [0.3, 0.4) is 0 Å². The molecule has 1 rings (SSSR count). The summed E-state index contributed by atoms with van der Waals surface area (Å²) in [7, 11) is 1.65. The van der Waals surface area contributed by atoms with Crippen molar-refractivity contribution in [3.05, 3.63) is 27.1 Å². The molecule has 0 heterocycles. The second-order valence-corrected chi connectivity index (χ2v) is 3.49. The minimum Gasteiger partial charge on any atom is -0.497 e. The summed E-state index contributed by atoms with van der Waals surface area (Å²) in [5.74, 6) is 0.857. The lowest BCUT2D eigenvalue weighted by atomic mass is 10.3. The van der Waals surface area contributed by atoms with Crippen LogP contribution in [-0.4, -0.2) is 7.11 Å². The average molecular weight is 266 g/mol. The Morgan fingerprint density at radius 1 is 1.20 bits per heavy atom. The number of hydrogen-bond donors (Lipinski definition) is 0. The van der Waals surface area contributed by atoms with Gasteiger partial charge in [-0.15, -0.1) is 0 Å². The summed E-state index contributed by atoms with van der Waals surface area (Å²) in [4.78, 5) is 0. The maximum absolute atomic E-state index is 5.00. The fraction of sp³-hybridized carbons (Fsp3) is 0.143. The molecule has 10 heavy (non-hydrogen) atoms. The summed E-state index contributed by atoms with van der Waals surface area (Å²) >= 11 is 6.72. The van der Waals surface area contributed by atoms with E-state index in [4.69, 9.17) is 4.74 Å². The van der Waals surface area contributed by atoms with Crippen LogP contribution in [0.5, 0.6) is 5.75 Å². The molecule has 0 aliphatic rings. The Labute approximate surface area is 76.6 Å². The van der Waals surface area contributed by atoms with Crippen LogP contribution in [0.2, 0.25) is 0 Å². The van der Waals surface area contributed by atoms with Crippen molar-refractivity contribution in [1.82, 2.24) is 0 Å². The number of ether oxygens (including phenoxy) is 1. The van der Waals surface area contributed by atoms with Gasteiger partial charge < -0.3 is 4.74 Å². The topological polar surface area (TPSA) is 9.23 Å². The van der Waals surface area contributed by atoms with Crippen molar-refractivity contribution in [2.24, 2.45) is 0 Å². The van der Waals surface area contributed by atoms with Gasteiger partial charge in [0.15, 0.2) is 0 Å². The van der Waals surface area contributed by atoms with Crippen LogP contribution in [-0.2, 0) is 0 Å². The zero-order chi connectivity index (χ0) is 7.56. The molecule has 0 aliphatic carbocycles. The zero-order valence-electron chi connectivity index (χ0n) is 5.40. The number of halogens is 2. The van der Waals surface area contributed by atoms with Crippen LogP contribution in [0, 0.1) is 0 Å². The highest BCUT2D eigenvalue weighted by Crippen LogP contribution is 2.26. The smallest absolute Gasteiger partial charge is 0.120 e. The zero-order valence-corrected chi connectivity index (χ0v) is 8.57. The Hall–Kier alpha value is -0.0200. The molecule has 0 saturated carbocycles. The van der Waals surface area contributed by atoms with Gasteiger partial charge >= 0.3 is 0 Å². The summed E-state index contributed by atoms with van der Waals surface area (Å²) in [6, 6.07) is 5.74. The lowest BCUT2D eigenvalue weighted by molar-refractivity contribution is 0.414. The highest BCUT2D eigenvalue weighted by atomic mass is 79.9. The van der Waals surface area contributed by atoms with Gasteiger partial charge in [0.05, 0.1) is 7.11 Å². The number of rotatable bonds is 1. The van der Waals surface area contributed by atoms with Crippen molar-refractivity contribution in [1.29, 1.82) is 0 Å². The molecule has 0 amide bonds. The maximum atomic E-state index is 5.00. The summed E-state index contributed by atoms with van der Waals surface area (Å²) < 4.78 is 7.04. The van der Waals surface area contributed by atoms with Gasteiger partial charge in [-0.25, -0.2) is 0 Å². The van der Waals surface area contributed by atoms with Gasteiger partial charge in [-0.3, -0.25) is 0 Å². The first-order valence-electron chi connectivity index (χ1n) is 2.73. The van der Waals surface area contributed by atoms with Gasteiger partial charge in [0, 0.05) is 8.95 Å². The fourth-order valence-corrected chi connectivity index (χ4v) is 1.21. The molecule has 0 N–H and O–H groups in total. The van der Waals surface area contributed by atoms with Crippen LogP contribution in [0.4, 0.5) is 0 Å². The lowest BCUT2D eigenvalue weighted by Crippen LogP contribution is -1.81. The molecule has 0 saturated heterocycles. The summed E-state index contributed by atoms with van der Waals surface area (Å²) in [5, 5.41) is 0. The van der Waals surface area contributed by atoms with E-state index in [9.17, 15) is 0 Å². The first-order valence-corrected chi connectivity index (χ1v) is 4.31. The lowest BCUT2D eigenvalue weighted by Gasteiger charge is -2.00. The predicted molar refractivity (Wildman–Crippen MR) is 48.4 cm³/mol. The number of methoxy groups -OCH3 is 1. The predicted octanol–water partition coefficient (Wildman–Crippen LogP) is 3.22. The molecule has 0 spiro atoms. The first kappa shape index (κ1) is 8.08. The van der Waals surface area contributed by atoms with E-state index in [0.717, 1.165) is 14.7 Å². The van der Waals surface area contributed by atoms with Gasteiger partial charge in [0.1, 0.15) is 5.75 Å². The van der Waals surface area contributed by atoms with Gasteiger partial charge in [-0.2, -0.15) is 0 Å². The van der Waals surface area contributed by atoms with E-state index in [1.807, 2.05) is 18.2 Å². The summed E-state index contributed by atoms with van der Waals surface area (Å²) in [5.41, 5.74) is 0. The molecule has 3 heteroatoms. The van der Waals surface area contributed by atoms with Crippen molar-refractivity contribution in [3.63, 3.8) is 0 Å². The third-order valence-corrected chi connectivity index (χ3v) is 3.01. The maximum Gasteiger partial charge on any atom is 0.120 e. The molecule has 1 nitrogen and oxygen atoms in total. The molecule has 0 fully saturated rings. The number of hydrogen-bond acceptors (Lipinski definition) is 1. The van der Waals surface area contributed by atoms with Crippen molar-refractivity contribution < 1.29 is 4.74 Å². The Kier molecular flexibility index (Phi) is 2.74. The van der Waals surface area contributed by atoms with Crippen LogP contribution in [0.15, 0.2) is 27.1 Å². The largest absolute Gasteiger partial charge is 0.497 e. The Morgan fingerprint density at radius 3 is 2.40 bits per heavy atom. The molecule has 1 aromatic rings. The van der Waals surface area contributed by atoms with E-state index in [1.54, 1.807) is 7.11 Å². The van der Waals surface area contributed by atoms with E-state index in [1.165, 1.54) is 0 Å². The first-order chi connectivity index (χ1) is 4.74. The second kappa shape index (κ2) is 3.39. The third-order valence-electron chi connectivity index (χ3n) is 1.13. The van der Waals surface area contributed by atoms with Gasteiger partial charge in [0.2, 0.25) is 0 Å². The summed E-state index contributed by atoms with van der Waals surface area (Å²) in [6.07, 6.45) is 0. The van der Waals surface area contributed by atoms with E-state index in [-0.39, 0.29) is 0 Å². The molecule has 0 aliphatic heterocycles. The summed E-state index contributed by atoms with van der Waals surface area (Å²) in [6.45, 7) is 0. The Bertz CT molecular complexity index is 235. The Balaban J connectivity index is 3.04. The van der Waals surface area contributed by atoms with E-state index in [0.29, 0.717) is 0 Å². The van der Waals surface area contributed by atoms with Crippen molar-refractivity contribution in [2.75, 3.05) is 7.11 Å². The van der Waals surface area contributed by atoms with Crippen molar-refractivity contribution in [2.45, 2.75) is 0 Å². The van der Waals surface area contributed by atoms with Gasteiger partial charge in [-0.1, -0.05) is 0 Å². The monoisotopic (exact) mass is 264 g/mol. The standard InChI is InChI=1S/C7H6Br2O/c1-10-5-2-3-6(8)7(9)4-5/h2-4H,1H3. The van der Waals surface area contributed by atoms with Gasteiger partial charge in [0.25, 0.3) is 0 Å². The minimum absolute atomic E-state index is 0.857. The fourth-order valence-electron chi connectivity index (χ4n) is 0.604. The SMILES string of the molecule is COc1ccc(Br)c(Br)c1. The Morgan fingerprint density at radius 2 is 1.90 bits per heavy atom. The quantitative estimate of drug-likeness (QED) is 0.758. The molecule has 54 valence electrons. The van der Waals surface area contributed by atoms with Crippen molar-refractivity contribution >= 4 is 31.9 Å². The normalized spacial score (nSPS) is 9.50. The molecule has 0 radical (unpaired) electrons. The van der Waals surface area contributed by atoms with E-state index >= 15 is 0 Å². The molecule has 0 aromatic heterocycles. The van der Waals surface area contributed by atoms with Crippen LogP contribution >= 0.6 is 31.9 Å². The molecular weight excluding hydrogens is 260 g/mol. The molecule has 0 atom stereocenters. The number of benzene rings is 1. The van der Waals surface area contributed by atoms with E-state index < -0.39 is 0 Å². The highest BCUT2D eigenvalue weighted by molar-refractivity contribution is 9.13. The second-order valence-electron chi connectivity index (χ2n) is 1.78. The molecule has 0 unspecified atom stereocenters. The molecule has 0 bridgehead atoms.